The van der Waals surface area contributed by atoms with Gasteiger partial charge in [-0.05, 0) is 55.2 Å². The van der Waals surface area contributed by atoms with E-state index in [2.05, 4.69) is 0 Å². The zero-order valence-electron chi connectivity index (χ0n) is 20.6. The molecule has 0 spiro atoms. The minimum Gasteiger partial charge on any atom is -0.508 e. The largest absolute Gasteiger partial charge is 0.508 e. The molecule has 0 aromatic heterocycles. The van der Waals surface area contributed by atoms with Crippen LogP contribution in [0.3, 0.4) is 0 Å². The maximum atomic E-state index is 13.2. The number of phenolic OH excluding ortho intramolecular Hbond substituents is 1. The fourth-order valence-corrected chi connectivity index (χ4v) is 4.14. The number of aliphatic hydroxyl groups excluding tert-OH is 1. The highest BCUT2D eigenvalue weighted by Crippen LogP contribution is 2.41. The van der Waals surface area contributed by atoms with Gasteiger partial charge in [-0.3, -0.25) is 9.59 Å². The van der Waals surface area contributed by atoms with Crippen LogP contribution in [-0.4, -0.2) is 53.2 Å². The first-order chi connectivity index (χ1) is 16.0. The molecule has 3 rings (SSSR count). The van der Waals surface area contributed by atoms with Crippen LogP contribution in [0.15, 0.2) is 48.0 Å². The van der Waals surface area contributed by atoms with Crippen LogP contribution in [0.25, 0.3) is 5.76 Å². The van der Waals surface area contributed by atoms with E-state index >= 15 is 0 Å². The van der Waals surface area contributed by atoms with Gasteiger partial charge in [0.2, 0.25) is 0 Å². The van der Waals surface area contributed by atoms with Crippen molar-refractivity contribution >= 4 is 17.4 Å². The minimum atomic E-state index is -0.858. The molecule has 1 aliphatic heterocycles. The third-order valence-corrected chi connectivity index (χ3v) is 5.79. The first-order valence-corrected chi connectivity index (χ1v) is 11.3. The van der Waals surface area contributed by atoms with Crippen molar-refractivity contribution in [3.05, 3.63) is 64.7 Å². The molecule has 0 aliphatic carbocycles. The lowest BCUT2D eigenvalue weighted by atomic mass is 9.84. The van der Waals surface area contributed by atoms with Crippen molar-refractivity contribution in [2.75, 3.05) is 20.3 Å². The number of ketones is 1. The van der Waals surface area contributed by atoms with Crippen LogP contribution in [-0.2, 0) is 19.7 Å². The Morgan fingerprint density at radius 1 is 1.12 bits per heavy atom. The predicted molar refractivity (Wildman–Crippen MR) is 130 cm³/mol. The van der Waals surface area contributed by atoms with Crippen LogP contribution in [0.2, 0.25) is 0 Å². The molecule has 7 heteroatoms. The summed E-state index contributed by atoms with van der Waals surface area (Å²) in [6.45, 7) is 10.2. The summed E-state index contributed by atoms with van der Waals surface area (Å²) in [6, 6.07) is 10.7. The molecule has 1 atom stereocenters. The number of hydrogen-bond donors (Lipinski definition) is 2. The van der Waals surface area contributed by atoms with Crippen molar-refractivity contribution in [2.24, 2.45) is 0 Å². The summed E-state index contributed by atoms with van der Waals surface area (Å²) in [5, 5.41) is 21.4. The van der Waals surface area contributed by atoms with Gasteiger partial charge in [0.05, 0.1) is 31.4 Å². The number of carbonyl (C=O) groups is 2. The van der Waals surface area contributed by atoms with Crippen molar-refractivity contribution in [3.63, 3.8) is 0 Å². The Morgan fingerprint density at radius 3 is 2.41 bits per heavy atom. The normalized spacial score (nSPS) is 18.1. The Hall–Kier alpha value is -3.32. The fourth-order valence-electron chi connectivity index (χ4n) is 4.14. The Labute approximate surface area is 200 Å². The second-order valence-electron chi connectivity index (χ2n) is 9.67. The van der Waals surface area contributed by atoms with Crippen molar-refractivity contribution in [2.45, 2.75) is 52.2 Å². The molecule has 7 nitrogen and oxygen atoms in total. The van der Waals surface area contributed by atoms with Gasteiger partial charge in [0.25, 0.3) is 11.7 Å². The Kier molecular flexibility index (Phi) is 7.36. The maximum absolute atomic E-state index is 13.2. The molecule has 1 heterocycles. The van der Waals surface area contributed by atoms with E-state index in [1.165, 1.54) is 17.0 Å². The molecule has 1 saturated heterocycles. The number of aromatic hydroxyl groups is 1. The van der Waals surface area contributed by atoms with Gasteiger partial charge in [0.1, 0.15) is 17.3 Å². The molecule has 34 heavy (non-hydrogen) atoms. The van der Waals surface area contributed by atoms with Crippen molar-refractivity contribution in [1.82, 2.24) is 4.90 Å². The molecular formula is C27H33NO6. The average Bonchev–Trinajstić information content (AvgIpc) is 3.02. The summed E-state index contributed by atoms with van der Waals surface area (Å²) in [7, 11) is 1.58. The van der Waals surface area contributed by atoms with Crippen LogP contribution in [0, 0.1) is 0 Å². The van der Waals surface area contributed by atoms with E-state index < -0.39 is 17.7 Å². The van der Waals surface area contributed by atoms with Gasteiger partial charge in [0, 0.05) is 17.7 Å². The number of likely N-dealkylation sites (tertiary alicyclic amines) is 1. The van der Waals surface area contributed by atoms with Gasteiger partial charge < -0.3 is 24.6 Å². The lowest BCUT2D eigenvalue weighted by molar-refractivity contribution is -0.140. The zero-order chi connectivity index (χ0) is 25.2. The summed E-state index contributed by atoms with van der Waals surface area (Å²) >= 11 is 0. The number of benzene rings is 2. The van der Waals surface area contributed by atoms with E-state index in [1.54, 1.807) is 37.4 Å². The maximum Gasteiger partial charge on any atom is 0.295 e. The van der Waals surface area contributed by atoms with Crippen LogP contribution >= 0.6 is 0 Å². The number of hydrogen-bond acceptors (Lipinski definition) is 6. The van der Waals surface area contributed by atoms with E-state index in [9.17, 15) is 19.8 Å². The number of carbonyl (C=O) groups excluding carboxylic acids is 2. The standard InChI is InChI=1S/C27H33NO6/c1-16(2)34-13-12-28-23(17-8-7-9-19(29)14-17)22(25(31)26(28)32)24(30)18-10-11-21(33-6)20(15-18)27(3,4)5/h7-11,14-16,23,29-30H,12-13H2,1-6H3/b24-22-. The molecule has 0 radical (unpaired) electrons. The fraction of sp³-hybridized carbons (Fsp3) is 0.407. The number of ether oxygens (including phenoxy) is 2. The van der Waals surface area contributed by atoms with Crippen molar-refractivity contribution < 1.29 is 29.3 Å². The van der Waals surface area contributed by atoms with Gasteiger partial charge in [0.15, 0.2) is 0 Å². The first-order valence-electron chi connectivity index (χ1n) is 11.3. The molecule has 1 fully saturated rings. The average molecular weight is 468 g/mol. The first kappa shape index (κ1) is 25.3. The van der Waals surface area contributed by atoms with Crippen molar-refractivity contribution in [3.8, 4) is 11.5 Å². The van der Waals surface area contributed by atoms with Gasteiger partial charge in [-0.25, -0.2) is 0 Å². The topological polar surface area (TPSA) is 96.3 Å². The number of methoxy groups -OCH3 is 1. The Balaban J connectivity index is 2.17. The molecule has 1 aliphatic rings. The highest BCUT2D eigenvalue weighted by molar-refractivity contribution is 6.46. The molecule has 1 unspecified atom stereocenters. The van der Waals surface area contributed by atoms with Crippen molar-refractivity contribution in [1.29, 1.82) is 0 Å². The lowest BCUT2D eigenvalue weighted by Gasteiger charge is -2.26. The molecular weight excluding hydrogens is 434 g/mol. The number of aliphatic hydroxyl groups is 1. The number of rotatable bonds is 7. The van der Waals surface area contributed by atoms with E-state index in [4.69, 9.17) is 9.47 Å². The Bertz CT molecular complexity index is 1110. The smallest absolute Gasteiger partial charge is 0.295 e. The van der Waals surface area contributed by atoms with Gasteiger partial charge in [-0.1, -0.05) is 32.9 Å². The number of Topliss-reactive ketones (excluding diaryl/α,β-unsaturated/α-hetero) is 1. The van der Waals surface area contributed by atoms with Crippen LogP contribution in [0.1, 0.15) is 57.4 Å². The highest BCUT2D eigenvalue weighted by atomic mass is 16.5. The summed E-state index contributed by atoms with van der Waals surface area (Å²) in [6.07, 6.45) is -0.0360. The second-order valence-corrected chi connectivity index (χ2v) is 9.67. The van der Waals surface area contributed by atoms with E-state index in [0.717, 1.165) is 5.56 Å². The molecule has 2 N–H and O–H groups in total. The minimum absolute atomic E-state index is 0.000912. The molecule has 182 valence electrons. The summed E-state index contributed by atoms with van der Waals surface area (Å²) in [5.41, 5.74) is 1.48. The van der Waals surface area contributed by atoms with Crippen LogP contribution < -0.4 is 4.74 Å². The third-order valence-electron chi connectivity index (χ3n) is 5.79. The Morgan fingerprint density at radius 2 is 1.82 bits per heavy atom. The van der Waals surface area contributed by atoms with Gasteiger partial charge >= 0.3 is 0 Å². The van der Waals surface area contributed by atoms with Crippen LogP contribution in [0.5, 0.6) is 11.5 Å². The molecule has 1 amide bonds. The van der Waals surface area contributed by atoms with Crippen LogP contribution in [0.4, 0.5) is 0 Å². The summed E-state index contributed by atoms with van der Waals surface area (Å²) in [4.78, 5) is 27.6. The molecule has 0 saturated carbocycles. The number of nitrogens with zero attached hydrogens (tertiary/aromatic N) is 1. The second kappa shape index (κ2) is 9.89. The molecule has 0 bridgehead atoms. The SMILES string of the molecule is COc1ccc(/C(O)=C2/C(=O)C(=O)N(CCOC(C)C)C2c2cccc(O)c2)cc1C(C)(C)C. The predicted octanol–water partition coefficient (Wildman–Crippen LogP) is 4.55. The number of amides is 1. The van der Waals surface area contributed by atoms with E-state index in [0.29, 0.717) is 16.9 Å². The van der Waals surface area contributed by atoms with E-state index in [-0.39, 0.29) is 41.8 Å². The zero-order valence-corrected chi connectivity index (χ0v) is 20.6. The van der Waals surface area contributed by atoms with Gasteiger partial charge in [-0.2, -0.15) is 0 Å². The lowest BCUT2D eigenvalue weighted by Crippen LogP contribution is -2.33. The number of phenols is 1. The summed E-state index contributed by atoms with van der Waals surface area (Å²) < 4.78 is 11.1. The third kappa shape index (κ3) is 5.09. The highest BCUT2D eigenvalue weighted by Gasteiger charge is 2.46. The monoisotopic (exact) mass is 467 g/mol. The quantitative estimate of drug-likeness (QED) is 0.352. The van der Waals surface area contributed by atoms with E-state index in [1.807, 2.05) is 34.6 Å². The summed E-state index contributed by atoms with van der Waals surface area (Å²) in [5.74, 6) is -1.09. The molecule has 2 aromatic rings. The molecule has 2 aromatic carbocycles. The van der Waals surface area contributed by atoms with Gasteiger partial charge in [-0.15, -0.1) is 0 Å².